The topological polar surface area (TPSA) is 75.7 Å². The van der Waals surface area contributed by atoms with Crippen LogP contribution in [0.25, 0.3) is 0 Å². The molecule has 0 unspecified atom stereocenters. The number of amides is 1. The highest BCUT2D eigenvalue weighted by Crippen LogP contribution is 2.29. The number of para-hydroxylation sites is 1. The first-order chi connectivity index (χ1) is 17.9. The predicted octanol–water partition coefficient (Wildman–Crippen LogP) is 5.72. The molecule has 7 heteroatoms. The molecule has 0 heterocycles. The second kappa shape index (κ2) is 11.8. The minimum Gasteiger partial charge on any atom is -0.494 e. The minimum absolute atomic E-state index is 0.0811. The van der Waals surface area contributed by atoms with Gasteiger partial charge in [0, 0.05) is 6.54 Å². The number of ether oxygens (including phenoxy) is 1. The number of benzene rings is 4. The largest absolute Gasteiger partial charge is 0.494 e. The lowest BCUT2D eigenvalue weighted by atomic mass is 10.1. The predicted molar refractivity (Wildman–Crippen MR) is 146 cm³/mol. The second-order valence-corrected chi connectivity index (χ2v) is 10.5. The first kappa shape index (κ1) is 26.0. The van der Waals surface area contributed by atoms with E-state index in [0.29, 0.717) is 12.3 Å². The molecule has 0 aliphatic carbocycles. The fourth-order valence-electron chi connectivity index (χ4n) is 3.96. The Kier molecular flexibility index (Phi) is 8.25. The Morgan fingerprint density at radius 1 is 0.838 bits per heavy atom. The van der Waals surface area contributed by atoms with E-state index in [9.17, 15) is 13.2 Å². The van der Waals surface area contributed by atoms with Crippen molar-refractivity contribution in [2.24, 2.45) is 0 Å². The van der Waals surface area contributed by atoms with Gasteiger partial charge in [-0.3, -0.25) is 9.10 Å². The molecule has 0 spiro atoms. The molecule has 0 saturated carbocycles. The standard InChI is InChI=1S/C30H30N2O4S/c1-3-36-26-13-9-12-25(20-26)21-31-30(33)28-14-7-8-15-29(28)32(22-24-10-5-4-6-11-24)37(34,35)27-18-16-23(2)17-19-27/h4-20H,3,21-22H2,1-2H3,(H,31,33). The first-order valence-electron chi connectivity index (χ1n) is 12.1. The molecule has 1 amide bonds. The van der Waals surface area contributed by atoms with E-state index >= 15 is 0 Å². The van der Waals surface area contributed by atoms with Gasteiger partial charge in [-0.05, 0) is 61.4 Å². The maximum atomic E-state index is 13.9. The van der Waals surface area contributed by atoms with Crippen LogP contribution in [0.5, 0.6) is 5.75 Å². The van der Waals surface area contributed by atoms with Gasteiger partial charge in [-0.25, -0.2) is 8.42 Å². The van der Waals surface area contributed by atoms with Crippen molar-refractivity contribution in [2.75, 3.05) is 10.9 Å². The van der Waals surface area contributed by atoms with E-state index < -0.39 is 10.0 Å². The van der Waals surface area contributed by atoms with Crippen LogP contribution in [0, 0.1) is 6.92 Å². The Hall–Kier alpha value is -4.10. The Bertz CT molecular complexity index is 1450. The summed E-state index contributed by atoms with van der Waals surface area (Å²) in [5, 5.41) is 2.93. The molecular weight excluding hydrogens is 484 g/mol. The summed E-state index contributed by atoms with van der Waals surface area (Å²) in [6, 6.07) is 30.3. The third kappa shape index (κ3) is 6.37. The van der Waals surface area contributed by atoms with Crippen molar-refractivity contribution in [3.05, 3.63) is 125 Å². The van der Waals surface area contributed by atoms with Gasteiger partial charge in [0.15, 0.2) is 0 Å². The van der Waals surface area contributed by atoms with Gasteiger partial charge in [0.1, 0.15) is 5.75 Å². The molecule has 0 aliphatic rings. The van der Waals surface area contributed by atoms with Gasteiger partial charge < -0.3 is 10.1 Å². The molecular formula is C30H30N2O4S. The molecule has 0 fully saturated rings. The van der Waals surface area contributed by atoms with Gasteiger partial charge in [-0.15, -0.1) is 0 Å². The molecule has 4 aromatic carbocycles. The molecule has 190 valence electrons. The average Bonchev–Trinajstić information content (AvgIpc) is 2.91. The van der Waals surface area contributed by atoms with Crippen molar-refractivity contribution in [2.45, 2.75) is 31.8 Å². The maximum absolute atomic E-state index is 13.9. The molecule has 0 bridgehead atoms. The molecule has 4 rings (SSSR count). The summed E-state index contributed by atoms with van der Waals surface area (Å²) >= 11 is 0. The molecule has 0 aliphatic heterocycles. The summed E-state index contributed by atoms with van der Waals surface area (Å²) in [6.45, 7) is 4.73. The molecule has 0 atom stereocenters. The molecule has 0 radical (unpaired) electrons. The van der Waals surface area contributed by atoms with Crippen molar-refractivity contribution < 1.29 is 17.9 Å². The summed E-state index contributed by atoms with van der Waals surface area (Å²) in [5.74, 6) is 0.363. The smallest absolute Gasteiger partial charge is 0.264 e. The number of anilines is 1. The molecule has 1 N–H and O–H groups in total. The maximum Gasteiger partial charge on any atom is 0.264 e. The lowest BCUT2D eigenvalue weighted by molar-refractivity contribution is 0.0951. The zero-order chi connectivity index (χ0) is 26.3. The van der Waals surface area contributed by atoms with E-state index in [0.717, 1.165) is 22.4 Å². The normalized spacial score (nSPS) is 11.1. The van der Waals surface area contributed by atoms with Crippen LogP contribution in [0.15, 0.2) is 108 Å². The zero-order valence-electron chi connectivity index (χ0n) is 20.9. The van der Waals surface area contributed by atoms with Crippen LogP contribution >= 0.6 is 0 Å². The Morgan fingerprint density at radius 2 is 1.51 bits per heavy atom. The highest BCUT2D eigenvalue weighted by atomic mass is 32.2. The number of carbonyl (C=O) groups excluding carboxylic acids is 1. The third-order valence-electron chi connectivity index (χ3n) is 5.86. The van der Waals surface area contributed by atoms with Crippen molar-refractivity contribution in [3.63, 3.8) is 0 Å². The number of hydrogen-bond donors (Lipinski definition) is 1. The lowest BCUT2D eigenvalue weighted by Crippen LogP contribution is -2.33. The zero-order valence-corrected chi connectivity index (χ0v) is 21.7. The van der Waals surface area contributed by atoms with E-state index in [4.69, 9.17) is 4.74 Å². The van der Waals surface area contributed by atoms with Gasteiger partial charge in [-0.2, -0.15) is 0 Å². The fourth-order valence-corrected chi connectivity index (χ4v) is 5.43. The summed E-state index contributed by atoms with van der Waals surface area (Å²) in [5.41, 5.74) is 3.23. The summed E-state index contributed by atoms with van der Waals surface area (Å²) in [6.07, 6.45) is 0. The molecule has 37 heavy (non-hydrogen) atoms. The van der Waals surface area contributed by atoms with Crippen LogP contribution in [0.2, 0.25) is 0 Å². The first-order valence-corrected chi connectivity index (χ1v) is 13.5. The number of sulfonamides is 1. The van der Waals surface area contributed by atoms with E-state index in [1.165, 1.54) is 4.31 Å². The lowest BCUT2D eigenvalue weighted by Gasteiger charge is -2.26. The fraction of sp³-hybridized carbons (Fsp3) is 0.167. The van der Waals surface area contributed by atoms with Crippen molar-refractivity contribution in [3.8, 4) is 5.75 Å². The van der Waals surface area contributed by atoms with Gasteiger partial charge in [0.25, 0.3) is 15.9 Å². The number of hydrogen-bond acceptors (Lipinski definition) is 4. The number of aryl methyl sites for hydroxylation is 1. The number of nitrogens with zero attached hydrogens (tertiary/aromatic N) is 1. The van der Waals surface area contributed by atoms with Gasteiger partial charge in [0.2, 0.25) is 0 Å². The third-order valence-corrected chi connectivity index (χ3v) is 7.63. The monoisotopic (exact) mass is 514 g/mol. The summed E-state index contributed by atoms with van der Waals surface area (Å²) < 4.78 is 34.6. The highest BCUT2D eigenvalue weighted by molar-refractivity contribution is 7.92. The van der Waals surface area contributed by atoms with Crippen LogP contribution in [0.4, 0.5) is 5.69 Å². The molecule has 6 nitrogen and oxygen atoms in total. The Labute approximate surface area is 218 Å². The minimum atomic E-state index is -3.97. The van der Waals surface area contributed by atoms with Gasteiger partial charge >= 0.3 is 0 Å². The van der Waals surface area contributed by atoms with E-state index in [-0.39, 0.29) is 29.5 Å². The highest BCUT2D eigenvalue weighted by Gasteiger charge is 2.28. The van der Waals surface area contributed by atoms with Gasteiger partial charge in [0.05, 0.1) is 29.3 Å². The van der Waals surface area contributed by atoms with E-state index in [1.54, 1.807) is 48.5 Å². The van der Waals surface area contributed by atoms with Crippen LogP contribution in [-0.2, 0) is 23.1 Å². The second-order valence-electron chi connectivity index (χ2n) is 8.59. The number of carbonyl (C=O) groups is 1. The Balaban J connectivity index is 1.68. The number of nitrogens with one attached hydrogen (secondary N) is 1. The quantitative estimate of drug-likeness (QED) is 0.294. The van der Waals surface area contributed by atoms with E-state index in [2.05, 4.69) is 5.32 Å². The van der Waals surface area contributed by atoms with Crippen LogP contribution in [-0.4, -0.2) is 20.9 Å². The van der Waals surface area contributed by atoms with Crippen molar-refractivity contribution in [1.29, 1.82) is 0 Å². The SMILES string of the molecule is CCOc1cccc(CNC(=O)c2ccccc2N(Cc2ccccc2)S(=O)(=O)c2ccc(C)cc2)c1. The van der Waals surface area contributed by atoms with Crippen molar-refractivity contribution >= 4 is 21.6 Å². The Morgan fingerprint density at radius 3 is 2.24 bits per heavy atom. The van der Waals surface area contributed by atoms with Crippen LogP contribution in [0.3, 0.4) is 0 Å². The van der Waals surface area contributed by atoms with Crippen molar-refractivity contribution in [1.82, 2.24) is 5.32 Å². The number of rotatable bonds is 10. The molecule has 0 saturated heterocycles. The molecule has 0 aromatic heterocycles. The van der Waals surface area contributed by atoms with E-state index in [1.807, 2.05) is 68.4 Å². The molecule has 4 aromatic rings. The van der Waals surface area contributed by atoms with Gasteiger partial charge in [-0.1, -0.05) is 72.3 Å². The van der Waals surface area contributed by atoms with Crippen LogP contribution < -0.4 is 14.4 Å². The summed E-state index contributed by atoms with van der Waals surface area (Å²) in [7, 11) is -3.97. The summed E-state index contributed by atoms with van der Waals surface area (Å²) in [4.78, 5) is 13.5. The average molecular weight is 515 g/mol. The van der Waals surface area contributed by atoms with Crippen LogP contribution in [0.1, 0.15) is 34.0 Å².